The van der Waals surface area contributed by atoms with Crippen molar-refractivity contribution in [1.82, 2.24) is 0 Å². The van der Waals surface area contributed by atoms with E-state index in [9.17, 15) is 4.79 Å². The maximum atomic E-state index is 12.3. The van der Waals surface area contributed by atoms with Crippen LogP contribution < -0.4 is 0 Å². The number of rotatable bonds is 2. The van der Waals surface area contributed by atoms with Gasteiger partial charge in [-0.1, -0.05) is 18.2 Å². The standard InChI is InChI=1S/C14H12O2S/c15-14(10-4-3-7-16-8-10)12-9-17-13-6-2-1-5-11(12)13/h1-2,5-6,8-9H,3-4,7H2. The Bertz CT molecular complexity index is 595. The zero-order valence-corrected chi connectivity index (χ0v) is 10.1. The van der Waals surface area contributed by atoms with Crippen LogP contribution >= 0.6 is 11.3 Å². The van der Waals surface area contributed by atoms with E-state index < -0.39 is 0 Å². The van der Waals surface area contributed by atoms with E-state index in [-0.39, 0.29) is 5.78 Å². The van der Waals surface area contributed by atoms with Crippen molar-refractivity contribution in [3.63, 3.8) is 0 Å². The summed E-state index contributed by atoms with van der Waals surface area (Å²) in [6.07, 6.45) is 3.38. The highest BCUT2D eigenvalue weighted by Crippen LogP contribution is 2.29. The van der Waals surface area contributed by atoms with Crippen molar-refractivity contribution in [2.45, 2.75) is 12.8 Å². The lowest BCUT2D eigenvalue weighted by Crippen LogP contribution is -2.08. The third-order valence-corrected chi connectivity index (χ3v) is 3.91. The van der Waals surface area contributed by atoms with Gasteiger partial charge in [0.05, 0.1) is 12.9 Å². The van der Waals surface area contributed by atoms with E-state index in [1.807, 2.05) is 29.6 Å². The van der Waals surface area contributed by atoms with Crippen molar-refractivity contribution in [3.05, 3.63) is 47.0 Å². The minimum Gasteiger partial charge on any atom is -0.501 e. The average Bonchev–Trinajstić information content (AvgIpc) is 2.83. The molecule has 0 fully saturated rings. The quantitative estimate of drug-likeness (QED) is 0.751. The Morgan fingerprint density at radius 2 is 2.18 bits per heavy atom. The first-order chi connectivity index (χ1) is 8.36. The normalized spacial score (nSPS) is 15.4. The highest BCUT2D eigenvalue weighted by atomic mass is 32.1. The Labute approximate surface area is 104 Å². The van der Waals surface area contributed by atoms with E-state index in [2.05, 4.69) is 0 Å². The minimum absolute atomic E-state index is 0.113. The zero-order valence-electron chi connectivity index (χ0n) is 9.31. The van der Waals surface area contributed by atoms with Crippen LogP contribution in [0, 0.1) is 0 Å². The minimum atomic E-state index is 0.113. The first-order valence-corrected chi connectivity index (χ1v) is 6.56. The number of hydrogen-bond donors (Lipinski definition) is 0. The number of allylic oxidation sites excluding steroid dienone is 1. The van der Waals surface area contributed by atoms with E-state index in [1.54, 1.807) is 17.6 Å². The van der Waals surface area contributed by atoms with Gasteiger partial charge in [0.2, 0.25) is 0 Å². The fourth-order valence-corrected chi connectivity index (χ4v) is 3.00. The number of benzene rings is 1. The summed E-state index contributed by atoms with van der Waals surface area (Å²) >= 11 is 1.62. The topological polar surface area (TPSA) is 26.3 Å². The van der Waals surface area contributed by atoms with Gasteiger partial charge in [-0.05, 0) is 18.9 Å². The van der Waals surface area contributed by atoms with Gasteiger partial charge in [0.1, 0.15) is 0 Å². The van der Waals surface area contributed by atoms with E-state index in [4.69, 9.17) is 4.74 Å². The van der Waals surface area contributed by atoms with Gasteiger partial charge in [-0.25, -0.2) is 0 Å². The average molecular weight is 244 g/mol. The lowest BCUT2D eigenvalue weighted by molar-refractivity contribution is 0.101. The lowest BCUT2D eigenvalue weighted by Gasteiger charge is -2.12. The second-order valence-electron chi connectivity index (χ2n) is 4.09. The number of fused-ring (bicyclic) bond motifs is 1. The predicted octanol–water partition coefficient (Wildman–Crippen LogP) is 3.78. The molecule has 0 unspecified atom stereocenters. The van der Waals surface area contributed by atoms with E-state index in [0.717, 1.165) is 40.7 Å². The maximum Gasteiger partial charge on any atom is 0.193 e. The van der Waals surface area contributed by atoms with Crippen molar-refractivity contribution >= 4 is 27.2 Å². The molecule has 1 aromatic carbocycles. The van der Waals surface area contributed by atoms with Crippen molar-refractivity contribution < 1.29 is 9.53 Å². The van der Waals surface area contributed by atoms with Crippen LogP contribution in [0.2, 0.25) is 0 Å². The molecule has 0 spiro atoms. The summed E-state index contributed by atoms with van der Waals surface area (Å²) in [5.74, 6) is 0.113. The number of carbonyl (C=O) groups is 1. The molecule has 17 heavy (non-hydrogen) atoms. The number of carbonyl (C=O) groups excluding carboxylic acids is 1. The number of hydrogen-bond acceptors (Lipinski definition) is 3. The van der Waals surface area contributed by atoms with Crippen LogP contribution in [-0.2, 0) is 4.74 Å². The van der Waals surface area contributed by atoms with Gasteiger partial charge in [-0.15, -0.1) is 11.3 Å². The van der Waals surface area contributed by atoms with Gasteiger partial charge in [0, 0.05) is 26.6 Å². The van der Waals surface area contributed by atoms with Gasteiger partial charge < -0.3 is 4.74 Å². The van der Waals surface area contributed by atoms with Crippen LogP contribution in [0.5, 0.6) is 0 Å². The van der Waals surface area contributed by atoms with Gasteiger partial charge in [0.25, 0.3) is 0 Å². The molecule has 0 bridgehead atoms. The van der Waals surface area contributed by atoms with Gasteiger partial charge >= 0.3 is 0 Å². The largest absolute Gasteiger partial charge is 0.501 e. The molecule has 86 valence electrons. The molecular weight excluding hydrogens is 232 g/mol. The maximum absolute atomic E-state index is 12.3. The van der Waals surface area contributed by atoms with Gasteiger partial charge in [-0.2, -0.15) is 0 Å². The lowest BCUT2D eigenvalue weighted by atomic mass is 9.99. The fraction of sp³-hybridized carbons (Fsp3) is 0.214. The summed E-state index contributed by atoms with van der Waals surface area (Å²) in [5.41, 5.74) is 1.60. The first-order valence-electron chi connectivity index (χ1n) is 5.68. The van der Waals surface area contributed by atoms with Crippen LogP contribution in [0.3, 0.4) is 0 Å². The van der Waals surface area contributed by atoms with Crippen LogP contribution in [-0.4, -0.2) is 12.4 Å². The Balaban J connectivity index is 2.03. The van der Waals surface area contributed by atoms with E-state index in [0.29, 0.717) is 0 Å². The Morgan fingerprint density at radius 3 is 3.00 bits per heavy atom. The van der Waals surface area contributed by atoms with Gasteiger partial charge in [0.15, 0.2) is 5.78 Å². The summed E-state index contributed by atoms with van der Waals surface area (Å²) in [4.78, 5) is 12.3. The molecule has 0 saturated heterocycles. The highest BCUT2D eigenvalue weighted by molar-refractivity contribution is 7.17. The molecule has 3 rings (SSSR count). The highest BCUT2D eigenvalue weighted by Gasteiger charge is 2.18. The van der Waals surface area contributed by atoms with Crippen LogP contribution in [0.4, 0.5) is 0 Å². The SMILES string of the molecule is O=C(C1=COCCC1)c1csc2ccccc12. The number of ketones is 1. The first kappa shape index (κ1) is 10.5. The summed E-state index contributed by atoms with van der Waals surface area (Å²) in [5, 5.41) is 3.00. The van der Waals surface area contributed by atoms with Crippen LogP contribution in [0.25, 0.3) is 10.1 Å². The van der Waals surface area contributed by atoms with E-state index in [1.165, 1.54) is 0 Å². The van der Waals surface area contributed by atoms with Gasteiger partial charge in [-0.3, -0.25) is 4.79 Å². The molecule has 0 aliphatic carbocycles. The third kappa shape index (κ3) is 1.87. The molecule has 1 aliphatic rings. The number of ether oxygens (including phenoxy) is 1. The summed E-state index contributed by atoms with van der Waals surface area (Å²) in [6.45, 7) is 0.723. The Morgan fingerprint density at radius 1 is 1.29 bits per heavy atom. The summed E-state index contributed by atoms with van der Waals surface area (Å²) < 4.78 is 6.39. The molecule has 1 aliphatic heterocycles. The monoisotopic (exact) mass is 244 g/mol. The third-order valence-electron chi connectivity index (χ3n) is 2.95. The Hall–Kier alpha value is -1.61. The molecule has 0 N–H and O–H groups in total. The number of thiophene rings is 1. The predicted molar refractivity (Wildman–Crippen MR) is 69.4 cm³/mol. The molecule has 0 saturated carbocycles. The molecule has 0 amide bonds. The molecule has 0 atom stereocenters. The molecular formula is C14H12O2S. The molecule has 0 radical (unpaired) electrons. The van der Waals surface area contributed by atoms with Crippen molar-refractivity contribution in [2.24, 2.45) is 0 Å². The smallest absolute Gasteiger partial charge is 0.193 e. The summed E-state index contributed by atoms with van der Waals surface area (Å²) in [7, 11) is 0. The molecule has 1 aromatic heterocycles. The van der Waals surface area contributed by atoms with Crippen molar-refractivity contribution in [3.8, 4) is 0 Å². The van der Waals surface area contributed by atoms with E-state index >= 15 is 0 Å². The zero-order chi connectivity index (χ0) is 11.7. The van der Waals surface area contributed by atoms with Crippen LogP contribution in [0.15, 0.2) is 41.5 Å². The molecule has 3 heteroatoms. The van der Waals surface area contributed by atoms with Crippen molar-refractivity contribution in [2.75, 3.05) is 6.61 Å². The fourth-order valence-electron chi connectivity index (χ4n) is 2.06. The van der Waals surface area contributed by atoms with Crippen LogP contribution in [0.1, 0.15) is 23.2 Å². The Kier molecular flexibility index (Phi) is 2.69. The second kappa shape index (κ2) is 4.34. The second-order valence-corrected chi connectivity index (χ2v) is 5.00. The molecule has 2 nitrogen and oxygen atoms in total. The molecule has 2 aromatic rings. The number of Topliss-reactive ketones (excluding diaryl/α,β-unsaturated/α-hetero) is 1. The van der Waals surface area contributed by atoms with Crippen molar-refractivity contribution in [1.29, 1.82) is 0 Å². The summed E-state index contributed by atoms with van der Waals surface area (Å²) in [6, 6.07) is 8.01. The molecule has 2 heterocycles.